The predicted molar refractivity (Wildman–Crippen MR) is 118 cm³/mol. The molecule has 0 bridgehead atoms. The Morgan fingerprint density at radius 3 is 2.62 bits per heavy atom. The Morgan fingerprint density at radius 1 is 1.16 bits per heavy atom. The molecule has 8 heteroatoms. The highest BCUT2D eigenvalue weighted by atomic mass is 16.5. The number of morpholine rings is 1. The third-order valence-corrected chi connectivity index (χ3v) is 5.88. The van der Waals surface area contributed by atoms with Crippen LogP contribution in [0.25, 0.3) is 5.76 Å². The highest BCUT2D eigenvalue weighted by Crippen LogP contribution is 2.39. The predicted octanol–water partition coefficient (Wildman–Crippen LogP) is 2.23. The van der Waals surface area contributed by atoms with E-state index in [9.17, 15) is 14.7 Å². The van der Waals surface area contributed by atoms with Gasteiger partial charge in [-0.3, -0.25) is 19.5 Å². The molecule has 0 unspecified atom stereocenters. The maximum Gasteiger partial charge on any atom is 0.295 e. The number of Topliss-reactive ketones (excluding diaryl/α,β-unsaturated/α-hetero) is 1. The van der Waals surface area contributed by atoms with Gasteiger partial charge in [-0.05, 0) is 36.2 Å². The van der Waals surface area contributed by atoms with Crippen molar-refractivity contribution in [2.24, 2.45) is 0 Å². The van der Waals surface area contributed by atoms with Crippen molar-refractivity contribution in [2.75, 3.05) is 46.5 Å². The molecule has 2 saturated heterocycles. The number of amides is 1. The lowest BCUT2D eigenvalue weighted by Crippen LogP contribution is -2.38. The quantitative estimate of drug-likeness (QED) is 0.403. The molecule has 0 radical (unpaired) electrons. The molecule has 2 fully saturated rings. The van der Waals surface area contributed by atoms with Crippen molar-refractivity contribution in [1.82, 2.24) is 14.8 Å². The largest absolute Gasteiger partial charge is 0.507 e. The van der Waals surface area contributed by atoms with Crippen molar-refractivity contribution in [3.63, 3.8) is 0 Å². The Balaban J connectivity index is 1.65. The minimum Gasteiger partial charge on any atom is -0.507 e. The topological polar surface area (TPSA) is 92.2 Å². The van der Waals surface area contributed by atoms with Gasteiger partial charge in [0.1, 0.15) is 11.5 Å². The lowest BCUT2D eigenvalue weighted by atomic mass is 9.96. The van der Waals surface area contributed by atoms with Crippen LogP contribution in [0, 0.1) is 0 Å². The Hall–Kier alpha value is -3.23. The second kappa shape index (κ2) is 9.93. The van der Waals surface area contributed by atoms with Gasteiger partial charge in [0.05, 0.1) is 31.9 Å². The normalized spacial score (nSPS) is 21.2. The zero-order valence-corrected chi connectivity index (χ0v) is 18.1. The van der Waals surface area contributed by atoms with Gasteiger partial charge >= 0.3 is 0 Å². The van der Waals surface area contributed by atoms with Gasteiger partial charge in [-0.1, -0.05) is 12.1 Å². The summed E-state index contributed by atoms with van der Waals surface area (Å²) in [5.74, 6) is -0.939. The first-order valence-electron chi connectivity index (χ1n) is 10.7. The Bertz CT molecular complexity index is 1000. The van der Waals surface area contributed by atoms with Crippen molar-refractivity contribution in [3.05, 3.63) is 65.5 Å². The number of hydrogen-bond donors (Lipinski definition) is 1. The minimum atomic E-state index is -0.682. The van der Waals surface area contributed by atoms with E-state index in [0.29, 0.717) is 37.5 Å². The van der Waals surface area contributed by atoms with Gasteiger partial charge in [0.25, 0.3) is 11.7 Å². The molecule has 1 atom stereocenters. The van der Waals surface area contributed by atoms with Crippen LogP contribution in [0.4, 0.5) is 0 Å². The fraction of sp³-hybridized carbons (Fsp3) is 0.375. The average molecular weight is 437 g/mol. The van der Waals surface area contributed by atoms with Crippen molar-refractivity contribution in [2.45, 2.75) is 12.5 Å². The van der Waals surface area contributed by atoms with Gasteiger partial charge < -0.3 is 19.5 Å². The molecule has 3 heterocycles. The molecule has 1 N–H and O–H groups in total. The Labute approximate surface area is 187 Å². The number of pyridine rings is 1. The molecule has 8 nitrogen and oxygen atoms in total. The molecule has 1 aromatic heterocycles. The van der Waals surface area contributed by atoms with Crippen molar-refractivity contribution >= 4 is 17.4 Å². The van der Waals surface area contributed by atoms with Crippen molar-refractivity contribution in [1.29, 1.82) is 0 Å². The molecule has 0 spiro atoms. The average Bonchev–Trinajstić information content (AvgIpc) is 3.10. The number of methoxy groups -OCH3 is 1. The third kappa shape index (κ3) is 4.51. The van der Waals surface area contributed by atoms with Crippen LogP contribution in [0.3, 0.4) is 0 Å². The van der Waals surface area contributed by atoms with Gasteiger partial charge in [-0.25, -0.2) is 0 Å². The number of rotatable bonds is 7. The second-order valence-electron chi connectivity index (χ2n) is 7.81. The number of nitrogens with zero attached hydrogens (tertiary/aromatic N) is 3. The molecular weight excluding hydrogens is 410 g/mol. The lowest BCUT2D eigenvalue weighted by molar-refractivity contribution is -0.140. The number of hydrogen-bond acceptors (Lipinski definition) is 7. The van der Waals surface area contributed by atoms with Gasteiger partial charge in [0.2, 0.25) is 0 Å². The van der Waals surface area contributed by atoms with Crippen LogP contribution in [0.1, 0.15) is 23.6 Å². The van der Waals surface area contributed by atoms with Gasteiger partial charge in [-0.15, -0.1) is 0 Å². The number of benzene rings is 1. The van der Waals surface area contributed by atoms with E-state index in [1.54, 1.807) is 53.7 Å². The first kappa shape index (κ1) is 22.0. The monoisotopic (exact) mass is 437 g/mol. The SMILES string of the molecule is COc1cccc(C(O)=C2C(=O)C(=O)N(CCCN3CCOCC3)[C@H]2c2ccncc2)c1. The third-order valence-electron chi connectivity index (χ3n) is 5.88. The summed E-state index contributed by atoms with van der Waals surface area (Å²) in [4.78, 5) is 33.9. The van der Waals surface area contributed by atoms with Gasteiger partial charge in [-0.2, -0.15) is 0 Å². The van der Waals surface area contributed by atoms with E-state index in [4.69, 9.17) is 9.47 Å². The van der Waals surface area contributed by atoms with Gasteiger partial charge in [0.15, 0.2) is 0 Å². The molecule has 0 aliphatic carbocycles. The van der Waals surface area contributed by atoms with Crippen LogP contribution in [0.2, 0.25) is 0 Å². The number of aliphatic hydroxyl groups is 1. The summed E-state index contributed by atoms with van der Waals surface area (Å²) in [5.41, 5.74) is 1.24. The maximum absolute atomic E-state index is 13.1. The van der Waals surface area contributed by atoms with E-state index in [2.05, 4.69) is 9.88 Å². The zero-order valence-electron chi connectivity index (χ0n) is 18.1. The lowest BCUT2D eigenvalue weighted by Gasteiger charge is -2.29. The zero-order chi connectivity index (χ0) is 22.5. The fourth-order valence-corrected chi connectivity index (χ4v) is 4.22. The minimum absolute atomic E-state index is 0.0841. The fourth-order valence-electron chi connectivity index (χ4n) is 4.22. The molecule has 2 aliphatic rings. The number of ketones is 1. The molecule has 2 aromatic rings. The van der Waals surface area contributed by atoms with Crippen LogP contribution in [-0.4, -0.2) is 78.1 Å². The number of aromatic nitrogens is 1. The molecular formula is C24H27N3O5. The summed E-state index contributed by atoms with van der Waals surface area (Å²) < 4.78 is 10.6. The summed E-state index contributed by atoms with van der Waals surface area (Å²) >= 11 is 0. The van der Waals surface area contributed by atoms with Crippen LogP contribution in [0.5, 0.6) is 5.75 Å². The molecule has 168 valence electrons. The summed E-state index contributed by atoms with van der Waals surface area (Å²) in [7, 11) is 1.53. The van der Waals surface area contributed by atoms with Crippen LogP contribution in [0.15, 0.2) is 54.4 Å². The van der Waals surface area contributed by atoms with E-state index >= 15 is 0 Å². The number of ether oxygens (including phenoxy) is 2. The van der Waals surface area contributed by atoms with E-state index in [-0.39, 0.29) is 11.3 Å². The molecule has 1 amide bonds. The summed E-state index contributed by atoms with van der Waals surface area (Å²) in [6, 6.07) is 9.68. The van der Waals surface area contributed by atoms with Crippen LogP contribution in [-0.2, 0) is 14.3 Å². The van der Waals surface area contributed by atoms with Crippen LogP contribution < -0.4 is 4.74 Å². The molecule has 1 aromatic carbocycles. The first-order valence-corrected chi connectivity index (χ1v) is 10.7. The molecule has 4 rings (SSSR count). The number of likely N-dealkylation sites (tertiary alicyclic amines) is 1. The standard InChI is InChI=1S/C24H27N3O5/c1-31-19-5-2-4-18(16-19)22(28)20-21(17-6-8-25-9-7-17)27(24(30)23(20)29)11-3-10-26-12-14-32-15-13-26/h2,4-9,16,21,28H,3,10-15H2,1H3/t21-/m0/s1. The smallest absolute Gasteiger partial charge is 0.295 e. The van der Waals surface area contributed by atoms with Gasteiger partial charge in [0, 0.05) is 44.1 Å². The summed E-state index contributed by atoms with van der Waals surface area (Å²) in [6.45, 7) is 4.37. The van der Waals surface area contributed by atoms with E-state index in [1.165, 1.54) is 7.11 Å². The first-order chi connectivity index (χ1) is 15.6. The van der Waals surface area contributed by atoms with Crippen LogP contribution >= 0.6 is 0 Å². The highest BCUT2D eigenvalue weighted by Gasteiger charge is 2.45. The Kier molecular flexibility index (Phi) is 6.82. The number of carbonyl (C=O) groups is 2. The molecule has 2 aliphatic heterocycles. The molecule has 0 saturated carbocycles. The Morgan fingerprint density at radius 2 is 1.91 bits per heavy atom. The van der Waals surface area contributed by atoms with E-state index in [1.807, 2.05) is 0 Å². The maximum atomic E-state index is 13.1. The number of aliphatic hydroxyl groups excluding tert-OH is 1. The summed E-state index contributed by atoms with van der Waals surface area (Å²) in [6.07, 6.45) is 3.96. The van der Waals surface area contributed by atoms with Crippen molar-refractivity contribution in [3.8, 4) is 5.75 Å². The second-order valence-corrected chi connectivity index (χ2v) is 7.81. The molecule has 32 heavy (non-hydrogen) atoms. The summed E-state index contributed by atoms with van der Waals surface area (Å²) in [5, 5.41) is 11.1. The number of carbonyl (C=O) groups excluding carboxylic acids is 2. The van der Waals surface area contributed by atoms with E-state index < -0.39 is 17.7 Å². The van der Waals surface area contributed by atoms with Crippen molar-refractivity contribution < 1.29 is 24.2 Å². The van der Waals surface area contributed by atoms with E-state index in [0.717, 1.165) is 25.2 Å². The highest BCUT2D eigenvalue weighted by molar-refractivity contribution is 6.46.